The third-order valence-corrected chi connectivity index (χ3v) is 5.37. The minimum absolute atomic E-state index is 0.0386. The van der Waals surface area contributed by atoms with Crippen LogP contribution in [0.4, 0.5) is 5.69 Å². The number of ether oxygens (including phenoxy) is 1. The van der Waals surface area contributed by atoms with E-state index in [2.05, 4.69) is 10.0 Å². The molecular weight excluding hydrogens is 342 g/mol. The van der Waals surface area contributed by atoms with E-state index in [1.165, 1.54) is 0 Å². The first-order valence-corrected chi connectivity index (χ1v) is 10.2. The van der Waals surface area contributed by atoms with Crippen LogP contribution in [0.2, 0.25) is 0 Å². The van der Waals surface area contributed by atoms with Gasteiger partial charge in [-0.2, -0.15) is 0 Å². The van der Waals surface area contributed by atoms with Gasteiger partial charge in [-0.15, -0.1) is 0 Å². The average molecular weight is 369 g/mol. The van der Waals surface area contributed by atoms with Crippen molar-refractivity contribution in [2.24, 2.45) is 5.73 Å². The Morgan fingerprint density at radius 1 is 1.24 bits per heavy atom. The highest BCUT2D eigenvalue weighted by Crippen LogP contribution is 2.28. The molecule has 8 heteroatoms. The van der Waals surface area contributed by atoms with Crippen molar-refractivity contribution in [1.82, 2.24) is 5.32 Å². The van der Waals surface area contributed by atoms with Crippen molar-refractivity contribution < 1.29 is 17.9 Å². The second-order valence-electron chi connectivity index (χ2n) is 6.79. The molecule has 7 nitrogen and oxygen atoms in total. The number of anilines is 1. The Balaban J connectivity index is 1.93. The Kier molecular flexibility index (Phi) is 6.29. The van der Waals surface area contributed by atoms with Gasteiger partial charge in [0.15, 0.2) is 0 Å². The lowest BCUT2D eigenvalue weighted by atomic mass is 9.98. The Morgan fingerprint density at radius 3 is 2.36 bits per heavy atom. The highest BCUT2D eigenvalue weighted by Gasteiger charge is 2.34. The maximum Gasteiger partial charge on any atom is 0.241 e. The Morgan fingerprint density at radius 2 is 1.84 bits per heavy atom. The number of amides is 1. The first kappa shape index (κ1) is 19.5. The molecule has 1 amide bonds. The number of carbonyl (C=O) groups is 1. The number of hydrogen-bond donors (Lipinski definition) is 3. The van der Waals surface area contributed by atoms with Gasteiger partial charge in [-0.1, -0.05) is 12.8 Å². The summed E-state index contributed by atoms with van der Waals surface area (Å²) < 4.78 is 32.3. The number of hydrogen-bond acceptors (Lipinski definition) is 5. The second-order valence-corrected chi connectivity index (χ2v) is 8.51. The third kappa shape index (κ3) is 5.89. The van der Waals surface area contributed by atoms with Crippen LogP contribution in [0.3, 0.4) is 0 Å². The average Bonchev–Trinajstić information content (AvgIpc) is 2.96. The van der Waals surface area contributed by atoms with Crippen molar-refractivity contribution in [1.29, 1.82) is 0 Å². The number of sulfonamides is 1. The molecule has 0 unspecified atom stereocenters. The Bertz CT molecular complexity index is 680. The Hall–Kier alpha value is -1.80. The molecule has 4 N–H and O–H groups in total. The minimum Gasteiger partial charge on any atom is -0.491 e. The number of carbonyl (C=O) groups excluding carboxylic acids is 1. The zero-order chi connectivity index (χ0) is 18.5. The van der Waals surface area contributed by atoms with Gasteiger partial charge in [0.25, 0.3) is 0 Å². The van der Waals surface area contributed by atoms with Crippen molar-refractivity contribution in [3.05, 3.63) is 24.3 Å². The molecule has 0 aromatic heterocycles. The summed E-state index contributed by atoms with van der Waals surface area (Å²) in [4.78, 5) is 12.1. The van der Waals surface area contributed by atoms with Crippen LogP contribution in [0, 0.1) is 0 Å². The lowest BCUT2D eigenvalue weighted by Crippen LogP contribution is -2.53. The molecule has 1 saturated carbocycles. The molecule has 0 saturated heterocycles. The molecule has 2 rings (SSSR count). The fourth-order valence-electron chi connectivity index (χ4n) is 3.03. The van der Waals surface area contributed by atoms with Crippen LogP contribution in [-0.2, 0) is 14.8 Å². The second kappa shape index (κ2) is 8.05. The molecule has 1 aromatic carbocycles. The van der Waals surface area contributed by atoms with Crippen molar-refractivity contribution in [2.75, 3.05) is 17.0 Å². The van der Waals surface area contributed by atoms with E-state index in [0.717, 1.165) is 25.7 Å². The van der Waals surface area contributed by atoms with Crippen molar-refractivity contribution in [3.8, 4) is 5.75 Å². The molecule has 140 valence electrons. The van der Waals surface area contributed by atoms with Crippen molar-refractivity contribution >= 4 is 21.6 Å². The van der Waals surface area contributed by atoms with Crippen LogP contribution < -0.4 is 20.5 Å². The summed E-state index contributed by atoms with van der Waals surface area (Å²) in [5, 5.41) is 2.81. The molecule has 0 atom stereocenters. The van der Waals surface area contributed by atoms with Crippen LogP contribution >= 0.6 is 0 Å². The molecule has 0 aliphatic heterocycles. The maximum absolute atomic E-state index is 12.2. The summed E-state index contributed by atoms with van der Waals surface area (Å²) >= 11 is 0. The van der Waals surface area contributed by atoms with Crippen LogP contribution in [-0.4, -0.2) is 38.3 Å². The molecule has 25 heavy (non-hydrogen) atoms. The maximum atomic E-state index is 12.2. The molecule has 1 aliphatic carbocycles. The third-order valence-electron chi connectivity index (χ3n) is 4.18. The van der Waals surface area contributed by atoms with Crippen LogP contribution in [0.5, 0.6) is 5.75 Å². The zero-order valence-corrected chi connectivity index (χ0v) is 15.6. The minimum atomic E-state index is -3.79. The van der Waals surface area contributed by atoms with Gasteiger partial charge in [-0.25, -0.2) is 8.42 Å². The predicted molar refractivity (Wildman–Crippen MR) is 98.0 cm³/mol. The molecule has 1 aromatic rings. The molecule has 0 bridgehead atoms. The summed E-state index contributed by atoms with van der Waals surface area (Å²) in [6, 6.07) is 6.57. The van der Waals surface area contributed by atoms with Crippen LogP contribution in [0.15, 0.2) is 24.3 Å². The van der Waals surface area contributed by atoms with E-state index in [9.17, 15) is 13.2 Å². The normalized spacial score (nSPS) is 16.6. The Labute approximate surface area is 149 Å². The van der Waals surface area contributed by atoms with E-state index in [4.69, 9.17) is 10.5 Å². The molecule has 0 spiro atoms. The van der Waals surface area contributed by atoms with E-state index < -0.39 is 27.2 Å². The monoisotopic (exact) mass is 369 g/mol. The summed E-state index contributed by atoms with van der Waals surface area (Å²) in [6.45, 7) is 4.14. The van der Waals surface area contributed by atoms with Gasteiger partial charge in [0.05, 0.1) is 11.6 Å². The van der Waals surface area contributed by atoms with E-state index in [1.807, 2.05) is 13.8 Å². The standard InChI is InChI=1S/C17H27N3O4S/c1-13(2)24-15-7-5-14(6-8-15)20-25(22,23)11-16(21)19-17(12-18)9-3-4-10-17/h5-8,13,20H,3-4,9-12,18H2,1-2H3,(H,19,21). The lowest BCUT2D eigenvalue weighted by Gasteiger charge is -2.28. The fraction of sp³-hybridized carbons (Fsp3) is 0.588. The van der Waals surface area contributed by atoms with Crippen LogP contribution in [0.25, 0.3) is 0 Å². The van der Waals surface area contributed by atoms with E-state index in [1.54, 1.807) is 24.3 Å². The van der Waals surface area contributed by atoms with E-state index in [0.29, 0.717) is 18.0 Å². The van der Waals surface area contributed by atoms with Crippen LogP contribution in [0.1, 0.15) is 39.5 Å². The van der Waals surface area contributed by atoms with Crippen molar-refractivity contribution in [2.45, 2.75) is 51.2 Å². The molecule has 0 radical (unpaired) electrons. The van der Waals surface area contributed by atoms with E-state index >= 15 is 0 Å². The topological polar surface area (TPSA) is 111 Å². The van der Waals surface area contributed by atoms with Gasteiger partial charge >= 0.3 is 0 Å². The molecule has 1 aliphatic rings. The van der Waals surface area contributed by atoms with Gasteiger partial charge in [0.2, 0.25) is 15.9 Å². The number of rotatable bonds is 8. The van der Waals surface area contributed by atoms with Gasteiger partial charge in [-0.05, 0) is 51.0 Å². The first-order valence-electron chi connectivity index (χ1n) is 8.52. The molecule has 1 fully saturated rings. The predicted octanol–water partition coefficient (Wildman–Crippen LogP) is 1.60. The van der Waals surface area contributed by atoms with Gasteiger partial charge in [0, 0.05) is 12.2 Å². The summed E-state index contributed by atoms with van der Waals surface area (Å²) in [7, 11) is -3.79. The SMILES string of the molecule is CC(C)Oc1ccc(NS(=O)(=O)CC(=O)NC2(CN)CCCC2)cc1. The van der Waals surface area contributed by atoms with Crippen molar-refractivity contribution in [3.63, 3.8) is 0 Å². The largest absolute Gasteiger partial charge is 0.491 e. The smallest absolute Gasteiger partial charge is 0.241 e. The van der Waals surface area contributed by atoms with Gasteiger partial charge < -0.3 is 15.8 Å². The quantitative estimate of drug-likeness (QED) is 0.645. The summed E-state index contributed by atoms with van der Waals surface area (Å²) in [6.07, 6.45) is 3.61. The molecule has 0 heterocycles. The van der Waals surface area contributed by atoms with Gasteiger partial charge in [0.1, 0.15) is 11.5 Å². The lowest BCUT2D eigenvalue weighted by molar-refractivity contribution is -0.120. The van der Waals surface area contributed by atoms with Gasteiger partial charge in [-0.3, -0.25) is 9.52 Å². The highest BCUT2D eigenvalue weighted by atomic mass is 32.2. The first-order chi connectivity index (χ1) is 11.7. The fourth-order valence-corrected chi connectivity index (χ4v) is 4.01. The number of nitrogens with one attached hydrogen (secondary N) is 2. The zero-order valence-electron chi connectivity index (χ0n) is 14.7. The number of nitrogens with two attached hydrogens (primary N) is 1. The highest BCUT2D eigenvalue weighted by molar-refractivity contribution is 7.93. The van der Waals surface area contributed by atoms with E-state index in [-0.39, 0.29) is 6.10 Å². The summed E-state index contributed by atoms with van der Waals surface area (Å²) in [5.74, 6) is -0.500. The number of benzene rings is 1. The summed E-state index contributed by atoms with van der Waals surface area (Å²) in [5.41, 5.74) is 5.69. The molecular formula is C17H27N3O4S.